The van der Waals surface area contributed by atoms with Gasteiger partial charge in [0.1, 0.15) is 12.1 Å². The molecule has 43 heavy (non-hydrogen) atoms. The maximum absolute atomic E-state index is 13.0. The Morgan fingerprint density at radius 1 is 0.977 bits per heavy atom. The van der Waals surface area contributed by atoms with E-state index in [1.807, 2.05) is 54.6 Å². The van der Waals surface area contributed by atoms with E-state index in [0.717, 1.165) is 27.8 Å². The van der Waals surface area contributed by atoms with Crippen LogP contribution in [0, 0.1) is 0 Å². The van der Waals surface area contributed by atoms with Crippen LogP contribution in [-0.4, -0.2) is 67.6 Å². The van der Waals surface area contributed by atoms with Crippen LogP contribution in [0.1, 0.15) is 35.4 Å². The standard InChI is InChI=1S/C30H31ClF3N5O3S/c1-42-17-14-35-24-9-4-21(5-10-24)28(20-2-7-23(31)8-3-20)22-6-11-27-26(18-22)29(37-19-36-27)38-25-12-15-39(16-13-25)43(40,41)30(32,33)34/h2-11,18-19,25,28,35H,12-17H2,1H3,(H,36,37,38). The largest absolute Gasteiger partial charge is 0.511 e. The van der Waals surface area contributed by atoms with Gasteiger partial charge in [0.2, 0.25) is 0 Å². The zero-order chi connectivity index (χ0) is 30.6. The monoisotopic (exact) mass is 633 g/mol. The van der Waals surface area contributed by atoms with Crippen molar-refractivity contribution in [2.24, 2.45) is 0 Å². The Balaban J connectivity index is 1.43. The van der Waals surface area contributed by atoms with Crippen LogP contribution < -0.4 is 10.6 Å². The molecule has 4 aromatic rings. The van der Waals surface area contributed by atoms with Gasteiger partial charge in [-0.2, -0.15) is 17.5 Å². The highest BCUT2D eigenvalue weighted by Gasteiger charge is 2.50. The van der Waals surface area contributed by atoms with Gasteiger partial charge < -0.3 is 15.4 Å². The van der Waals surface area contributed by atoms with E-state index in [0.29, 0.717) is 33.8 Å². The van der Waals surface area contributed by atoms with Gasteiger partial charge in [0, 0.05) is 54.8 Å². The van der Waals surface area contributed by atoms with E-state index in [1.165, 1.54) is 6.33 Å². The minimum Gasteiger partial charge on any atom is -0.383 e. The van der Waals surface area contributed by atoms with Crippen molar-refractivity contribution in [1.29, 1.82) is 0 Å². The Labute approximate surface area is 253 Å². The molecule has 1 fully saturated rings. The molecule has 1 unspecified atom stereocenters. The number of fused-ring (bicyclic) bond motifs is 1. The molecule has 0 saturated carbocycles. The van der Waals surface area contributed by atoms with Crippen molar-refractivity contribution >= 4 is 44.0 Å². The maximum atomic E-state index is 13.0. The van der Waals surface area contributed by atoms with Crippen molar-refractivity contribution in [2.45, 2.75) is 30.3 Å². The summed E-state index contributed by atoms with van der Waals surface area (Å²) in [6, 6.07) is 21.6. The van der Waals surface area contributed by atoms with Crippen molar-refractivity contribution < 1.29 is 26.3 Å². The third kappa shape index (κ3) is 7.04. The number of nitrogens with zero attached hydrogens (tertiary/aromatic N) is 3. The van der Waals surface area contributed by atoms with Crippen molar-refractivity contribution in [3.8, 4) is 0 Å². The van der Waals surface area contributed by atoms with E-state index in [1.54, 1.807) is 7.11 Å². The Morgan fingerprint density at radius 2 is 1.60 bits per heavy atom. The first-order valence-corrected chi connectivity index (χ1v) is 15.5. The highest BCUT2D eigenvalue weighted by Crippen LogP contribution is 2.36. The van der Waals surface area contributed by atoms with Crippen LogP contribution in [0.25, 0.3) is 10.9 Å². The lowest BCUT2D eigenvalue weighted by Crippen LogP contribution is -2.47. The number of rotatable bonds is 10. The normalized spacial score (nSPS) is 15.8. The van der Waals surface area contributed by atoms with Crippen LogP contribution in [0.4, 0.5) is 24.7 Å². The summed E-state index contributed by atoms with van der Waals surface area (Å²) in [5, 5.41) is 8.04. The quantitative estimate of drug-likeness (QED) is 0.157. The Morgan fingerprint density at radius 3 is 2.23 bits per heavy atom. The highest BCUT2D eigenvalue weighted by atomic mass is 35.5. The summed E-state index contributed by atoms with van der Waals surface area (Å²) in [6.07, 6.45) is 1.84. The van der Waals surface area contributed by atoms with Crippen LogP contribution in [0.3, 0.4) is 0 Å². The van der Waals surface area contributed by atoms with E-state index >= 15 is 0 Å². The summed E-state index contributed by atoms with van der Waals surface area (Å²) < 4.78 is 68.3. The highest BCUT2D eigenvalue weighted by molar-refractivity contribution is 7.90. The Hall–Kier alpha value is -3.45. The fourth-order valence-electron chi connectivity index (χ4n) is 5.27. The lowest BCUT2D eigenvalue weighted by Gasteiger charge is -2.32. The number of hydrogen-bond donors (Lipinski definition) is 2. The first-order chi connectivity index (χ1) is 20.6. The summed E-state index contributed by atoms with van der Waals surface area (Å²) in [7, 11) is -3.69. The average molecular weight is 634 g/mol. The minimum atomic E-state index is -5.35. The molecule has 0 amide bonds. The van der Waals surface area contributed by atoms with Gasteiger partial charge in [-0.1, -0.05) is 41.9 Å². The van der Waals surface area contributed by atoms with Gasteiger partial charge in [0.25, 0.3) is 0 Å². The second-order valence-corrected chi connectivity index (χ2v) is 12.7. The number of piperidine rings is 1. The lowest BCUT2D eigenvalue weighted by molar-refractivity contribution is -0.0494. The van der Waals surface area contributed by atoms with E-state index in [2.05, 4.69) is 32.7 Å². The summed E-state index contributed by atoms with van der Waals surface area (Å²) in [5.74, 6) is 0.398. The zero-order valence-electron chi connectivity index (χ0n) is 23.3. The van der Waals surface area contributed by atoms with Crippen LogP contribution in [-0.2, 0) is 14.8 Å². The molecule has 0 bridgehead atoms. The number of nitrogens with one attached hydrogen (secondary N) is 2. The fraction of sp³-hybridized carbons (Fsp3) is 0.333. The second kappa shape index (κ2) is 13.0. The van der Waals surface area contributed by atoms with Crippen LogP contribution in [0.15, 0.2) is 73.1 Å². The topological polar surface area (TPSA) is 96.4 Å². The molecular formula is C30H31ClF3N5O3S. The molecule has 0 radical (unpaired) electrons. The second-order valence-electron chi connectivity index (χ2n) is 10.3. The molecule has 1 aliphatic heterocycles. The van der Waals surface area contributed by atoms with Crippen LogP contribution in [0.5, 0.6) is 0 Å². The summed E-state index contributed by atoms with van der Waals surface area (Å²) in [5.41, 5.74) is -0.557. The van der Waals surface area contributed by atoms with E-state index in [9.17, 15) is 21.6 Å². The number of sulfonamides is 1. The van der Waals surface area contributed by atoms with Crippen molar-refractivity contribution in [3.63, 3.8) is 0 Å². The van der Waals surface area contributed by atoms with Gasteiger partial charge in [0.05, 0.1) is 12.1 Å². The maximum Gasteiger partial charge on any atom is 0.511 e. The van der Waals surface area contributed by atoms with Crippen molar-refractivity contribution in [2.75, 3.05) is 44.0 Å². The number of aromatic nitrogens is 2. The first kappa shape index (κ1) is 31.0. The fourth-order valence-corrected chi connectivity index (χ4v) is 6.38. The molecule has 228 valence electrons. The van der Waals surface area contributed by atoms with Crippen LogP contribution in [0.2, 0.25) is 5.02 Å². The average Bonchev–Trinajstić information content (AvgIpc) is 2.99. The molecule has 2 heterocycles. The number of halogens is 4. The smallest absolute Gasteiger partial charge is 0.383 e. The molecule has 1 saturated heterocycles. The number of anilines is 2. The van der Waals surface area contributed by atoms with Gasteiger partial charge in [-0.3, -0.25) is 0 Å². The molecule has 5 rings (SSSR count). The van der Waals surface area contributed by atoms with Gasteiger partial charge in [-0.05, 0) is 65.9 Å². The summed E-state index contributed by atoms with van der Waals surface area (Å²) >= 11 is 6.20. The first-order valence-electron chi connectivity index (χ1n) is 13.7. The molecule has 1 aliphatic rings. The molecule has 8 nitrogen and oxygen atoms in total. The molecule has 0 aliphatic carbocycles. The molecule has 13 heteroatoms. The summed E-state index contributed by atoms with van der Waals surface area (Å²) in [4.78, 5) is 8.85. The molecule has 3 aromatic carbocycles. The lowest BCUT2D eigenvalue weighted by atomic mass is 9.84. The molecule has 2 N–H and O–H groups in total. The van der Waals surface area contributed by atoms with E-state index in [4.69, 9.17) is 16.3 Å². The van der Waals surface area contributed by atoms with Gasteiger partial charge >= 0.3 is 15.5 Å². The Kier molecular flexibility index (Phi) is 9.40. The third-order valence-electron chi connectivity index (χ3n) is 7.50. The van der Waals surface area contributed by atoms with Gasteiger partial charge in [-0.15, -0.1) is 0 Å². The Bertz CT molecular complexity index is 1650. The number of benzene rings is 3. The number of methoxy groups -OCH3 is 1. The molecule has 0 spiro atoms. The van der Waals surface area contributed by atoms with Crippen molar-refractivity contribution in [3.05, 3.63) is 94.8 Å². The van der Waals surface area contributed by atoms with E-state index in [-0.39, 0.29) is 37.9 Å². The summed E-state index contributed by atoms with van der Waals surface area (Å²) in [6.45, 7) is 0.815. The van der Waals surface area contributed by atoms with Crippen molar-refractivity contribution in [1.82, 2.24) is 14.3 Å². The number of hydrogen-bond acceptors (Lipinski definition) is 7. The van der Waals surface area contributed by atoms with Gasteiger partial charge in [0.15, 0.2) is 0 Å². The van der Waals surface area contributed by atoms with Crippen LogP contribution >= 0.6 is 11.6 Å². The minimum absolute atomic E-state index is 0.140. The SMILES string of the molecule is COCCNc1ccc(C(c2ccc(Cl)cc2)c2ccc3ncnc(NC4CCN(S(=O)(=O)C(F)(F)F)CC4)c3c2)cc1. The van der Waals surface area contributed by atoms with Gasteiger partial charge in [-0.25, -0.2) is 18.4 Å². The molecule has 1 aromatic heterocycles. The third-order valence-corrected chi connectivity index (χ3v) is 9.38. The number of ether oxygens (including phenoxy) is 1. The predicted molar refractivity (Wildman–Crippen MR) is 162 cm³/mol. The van der Waals surface area contributed by atoms with E-state index < -0.39 is 15.5 Å². The molecular weight excluding hydrogens is 603 g/mol. The predicted octanol–water partition coefficient (Wildman–Crippen LogP) is 6.25. The number of alkyl halides is 3. The zero-order valence-corrected chi connectivity index (χ0v) is 24.9. The molecule has 1 atom stereocenters.